The van der Waals surface area contributed by atoms with Gasteiger partial charge >= 0.3 is 0 Å². The van der Waals surface area contributed by atoms with E-state index >= 15 is 0 Å². The number of fused-ring (bicyclic) bond motifs is 3. The molecule has 0 fully saturated rings. The highest BCUT2D eigenvalue weighted by Crippen LogP contribution is 2.47. The van der Waals surface area contributed by atoms with E-state index in [1.165, 1.54) is 6.07 Å². The third-order valence-corrected chi connectivity index (χ3v) is 6.92. The summed E-state index contributed by atoms with van der Waals surface area (Å²) in [7, 11) is -9.64. The van der Waals surface area contributed by atoms with Crippen molar-refractivity contribution >= 4 is 53.8 Å². The molecule has 166 valence electrons. The van der Waals surface area contributed by atoms with E-state index in [-0.39, 0.29) is 10.8 Å². The summed E-state index contributed by atoms with van der Waals surface area (Å²) in [5.74, 6) is 0. The Labute approximate surface area is 188 Å². The van der Waals surface area contributed by atoms with E-state index in [1.807, 2.05) is 30.3 Å². The van der Waals surface area contributed by atoms with Crippen LogP contribution in [-0.2, 0) is 20.2 Å². The van der Waals surface area contributed by atoms with Crippen LogP contribution in [0.1, 0.15) is 0 Å². The zero-order valence-corrected chi connectivity index (χ0v) is 18.3. The van der Waals surface area contributed by atoms with E-state index in [9.17, 15) is 25.9 Å². The SMILES string of the molecule is O=S(=O)(O)c1cc(S(=O)(=O)O)c2c(-c3ccc4cc3N=N4)c(Nc3ccccc3)ccc2c1. The van der Waals surface area contributed by atoms with Crippen molar-refractivity contribution in [3.63, 3.8) is 0 Å². The van der Waals surface area contributed by atoms with Gasteiger partial charge in [-0.25, -0.2) is 0 Å². The minimum atomic E-state index is -4.90. The maximum absolute atomic E-state index is 12.4. The molecule has 11 heteroatoms. The molecule has 0 spiro atoms. The van der Waals surface area contributed by atoms with Gasteiger partial charge in [0.05, 0.1) is 16.3 Å². The molecule has 2 bridgehead atoms. The number of hydrogen-bond donors (Lipinski definition) is 3. The third-order valence-electron chi connectivity index (χ3n) is 5.21. The first kappa shape index (κ1) is 21.2. The Bertz CT molecular complexity index is 1680. The summed E-state index contributed by atoms with van der Waals surface area (Å²) >= 11 is 0. The van der Waals surface area contributed by atoms with Crippen molar-refractivity contribution in [3.8, 4) is 11.1 Å². The molecule has 0 amide bonds. The molecule has 0 atom stereocenters. The average Bonchev–Trinajstić information content (AvgIpc) is 3.14. The smallest absolute Gasteiger partial charge is 0.295 e. The Hall–Kier alpha value is -3.64. The maximum Gasteiger partial charge on any atom is 0.295 e. The quantitative estimate of drug-likeness (QED) is 0.282. The topological polar surface area (TPSA) is 145 Å². The van der Waals surface area contributed by atoms with E-state index in [1.54, 1.807) is 24.3 Å². The van der Waals surface area contributed by atoms with Gasteiger partial charge in [0.2, 0.25) is 0 Å². The minimum Gasteiger partial charge on any atom is -0.355 e. The molecule has 5 rings (SSSR count). The van der Waals surface area contributed by atoms with Crippen molar-refractivity contribution in [2.24, 2.45) is 10.2 Å². The molecular formula is C22H15N3O6S2. The van der Waals surface area contributed by atoms with Crippen LogP contribution in [0, 0.1) is 0 Å². The molecule has 0 aromatic heterocycles. The van der Waals surface area contributed by atoms with Gasteiger partial charge in [-0.05, 0) is 53.9 Å². The fourth-order valence-corrected chi connectivity index (χ4v) is 5.17. The molecule has 33 heavy (non-hydrogen) atoms. The molecule has 0 unspecified atom stereocenters. The molecule has 1 aliphatic heterocycles. The van der Waals surface area contributed by atoms with Crippen LogP contribution in [0.25, 0.3) is 21.9 Å². The second-order valence-electron chi connectivity index (χ2n) is 7.35. The van der Waals surface area contributed by atoms with Gasteiger partial charge in [-0.2, -0.15) is 21.9 Å². The maximum atomic E-state index is 12.4. The van der Waals surface area contributed by atoms with E-state index in [2.05, 4.69) is 15.5 Å². The van der Waals surface area contributed by atoms with Crippen molar-refractivity contribution in [2.45, 2.75) is 9.79 Å². The van der Waals surface area contributed by atoms with E-state index < -0.39 is 30.0 Å². The Kier molecular flexibility index (Phi) is 4.79. The molecule has 0 saturated heterocycles. The van der Waals surface area contributed by atoms with Crippen LogP contribution < -0.4 is 5.32 Å². The summed E-state index contributed by atoms with van der Waals surface area (Å²) < 4.78 is 67.8. The van der Waals surface area contributed by atoms with Gasteiger partial charge in [0, 0.05) is 27.9 Å². The van der Waals surface area contributed by atoms with Gasteiger partial charge in [-0.15, -0.1) is 5.11 Å². The number of nitrogens with zero attached hydrogens (tertiary/aromatic N) is 2. The summed E-state index contributed by atoms with van der Waals surface area (Å²) in [4.78, 5) is -1.32. The summed E-state index contributed by atoms with van der Waals surface area (Å²) in [6.07, 6.45) is 0. The highest BCUT2D eigenvalue weighted by atomic mass is 32.2. The average molecular weight is 482 g/mol. The van der Waals surface area contributed by atoms with Crippen LogP contribution in [-0.4, -0.2) is 25.9 Å². The third kappa shape index (κ3) is 3.87. The second kappa shape index (κ2) is 7.46. The molecule has 1 aliphatic rings. The number of hydrogen-bond acceptors (Lipinski definition) is 7. The van der Waals surface area contributed by atoms with Crippen LogP contribution >= 0.6 is 0 Å². The van der Waals surface area contributed by atoms with E-state index in [4.69, 9.17) is 0 Å². The monoisotopic (exact) mass is 481 g/mol. The zero-order valence-electron chi connectivity index (χ0n) is 16.7. The number of azo groups is 1. The first-order valence-electron chi connectivity index (χ1n) is 9.55. The number of benzene rings is 4. The Morgan fingerprint density at radius 1 is 0.758 bits per heavy atom. The molecule has 0 radical (unpaired) electrons. The lowest BCUT2D eigenvalue weighted by Crippen LogP contribution is -2.06. The van der Waals surface area contributed by atoms with Gasteiger partial charge in [0.25, 0.3) is 20.2 Å². The standard InChI is InChI=1S/C22H15N3O6S2/c26-32(27,28)16-10-13-6-9-18(23-14-4-2-1-3-5-14)22(21(13)20(12-16)33(29,30)31)17-8-7-15-11-19(17)25-24-15/h1-12,23H,(H,26,27,28)(H,29,30,31). The summed E-state index contributed by atoms with van der Waals surface area (Å²) in [5, 5.41) is 11.6. The lowest BCUT2D eigenvalue weighted by atomic mass is 9.94. The first-order valence-corrected chi connectivity index (χ1v) is 12.4. The molecular weight excluding hydrogens is 466 g/mol. The minimum absolute atomic E-state index is 0.0666. The highest BCUT2D eigenvalue weighted by molar-refractivity contribution is 7.86. The van der Waals surface area contributed by atoms with Crippen molar-refractivity contribution < 1.29 is 25.9 Å². The number of nitrogens with one attached hydrogen (secondary N) is 1. The second-order valence-corrected chi connectivity index (χ2v) is 10.2. The lowest BCUT2D eigenvalue weighted by Gasteiger charge is -2.18. The first-order chi connectivity index (χ1) is 15.6. The predicted octanol–water partition coefficient (Wildman–Crippen LogP) is 5.47. The van der Waals surface area contributed by atoms with Gasteiger partial charge in [0.15, 0.2) is 0 Å². The molecule has 3 N–H and O–H groups in total. The number of rotatable bonds is 5. The molecule has 0 saturated carbocycles. The fourth-order valence-electron chi connectivity index (χ4n) is 3.80. The Morgan fingerprint density at radius 3 is 2.21 bits per heavy atom. The molecule has 4 aromatic rings. The normalized spacial score (nSPS) is 12.9. The van der Waals surface area contributed by atoms with Crippen molar-refractivity contribution in [1.82, 2.24) is 0 Å². The molecule has 9 nitrogen and oxygen atoms in total. The molecule has 0 aliphatic carbocycles. The van der Waals surface area contributed by atoms with Gasteiger partial charge in [-0.1, -0.05) is 24.3 Å². The number of anilines is 2. The van der Waals surface area contributed by atoms with Crippen molar-refractivity contribution in [3.05, 3.63) is 72.8 Å². The Balaban J connectivity index is 1.92. The van der Waals surface area contributed by atoms with Gasteiger partial charge < -0.3 is 5.32 Å². The summed E-state index contributed by atoms with van der Waals surface area (Å²) in [6.45, 7) is 0. The lowest BCUT2D eigenvalue weighted by molar-refractivity contribution is 0.482. The van der Waals surface area contributed by atoms with Crippen LogP contribution in [0.4, 0.5) is 22.7 Å². The van der Waals surface area contributed by atoms with Crippen LogP contribution in [0.2, 0.25) is 0 Å². The van der Waals surface area contributed by atoms with Gasteiger partial charge in [-0.3, -0.25) is 9.11 Å². The van der Waals surface area contributed by atoms with E-state index in [0.29, 0.717) is 28.2 Å². The van der Waals surface area contributed by atoms with Gasteiger partial charge in [0.1, 0.15) is 4.90 Å². The predicted molar refractivity (Wildman–Crippen MR) is 123 cm³/mol. The largest absolute Gasteiger partial charge is 0.355 e. The van der Waals surface area contributed by atoms with Crippen molar-refractivity contribution in [2.75, 3.05) is 5.32 Å². The van der Waals surface area contributed by atoms with Crippen LogP contribution in [0.5, 0.6) is 0 Å². The van der Waals surface area contributed by atoms with Crippen molar-refractivity contribution in [1.29, 1.82) is 0 Å². The zero-order chi connectivity index (χ0) is 23.4. The van der Waals surface area contributed by atoms with Crippen LogP contribution in [0.15, 0.2) is 92.8 Å². The fraction of sp³-hybridized carbons (Fsp3) is 0. The van der Waals surface area contributed by atoms with E-state index in [0.717, 1.165) is 17.8 Å². The van der Waals surface area contributed by atoms with Crippen LogP contribution in [0.3, 0.4) is 0 Å². The summed E-state index contributed by atoms with van der Waals surface area (Å²) in [6, 6.07) is 19.3. The Morgan fingerprint density at radius 2 is 1.52 bits per heavy atom. The summed E-state index contributed by atoms with van der Waals surface area (Å²) in [5.41, 5.74) is 3.22. The molecule has 1 heterocycles. The number of para-hydroxylation sites is 1. The molecule has 4 aromatic carbocycles. The highest BCUT2D eigenvalue weighted by Gasteiger charge is 2.26.